The van der Waals surface area contributed by atoms with Crippen LogP contribution in [-0.2, 0) is 23.2 Å². The smallest absolute Gasteiger partial charge is 0.229 e. The number of benzene rings is 1. The Morgan fingerprint density at radius 1 is 1.36 bits per heavy atom. The Morgan fingerprint density at radius 2 is 2.14 bits per heavy atom. The molecule has 1 atom stereocenters. The molecule has 2 amide bonds. The SMILES string of the molecule is Cn1cc(NC(=O)C2CC(=O)N(Cc3ccccc3)C2)cn1. The Labute approximate surface area is 128 Å². The number of aromatic nitrogens is 2. The number of carbonyl (C=O) groups is 2. The first-order chi connectivity index (χ1) is 10.6. The molecule has 1 aromatic carbocycles. The number of amides is 2. The fourth-order valence-corrected chi connectivity index (χ4v) is 2.63. The maximum absolute atomic E-state index is 12.2. The van der Waals surface area contributed by atoms with E-state index in [1.54, 1.807) is 29.0 Å². The molecule has 6 nitrogen and oxygen atoms in total. The highest BCUT2D eigenvalue weighted by Gasteiger charge is 2.34. The molecule has 0 bridgehead atoms. The van der Waals surface area contributed by atoms with Crippen molar-refractivity contribution in [1.29, 1.82) is 0 Å². The van der Waals surface area contributed by atoms with Crippen molar-refractivity contribution in [2.24, 2.45) is 13.0 Å². The van der Waals surface area contributed by atoms with Crippen LogP contribution in [0, 0.1) is 5.92 Å². The summed E-state index contributed by atoms with van der Waals surface area (Å²) in [4.78, 5) is 26.1. The summed E-state index contributed by atoms with van der Waals surface area (Å²) >= 11 is 0. The fraction of sp³-hybridized carbons (Fsp3) is 0.312. The third kappa shape index (κ3) is 3.16. The quantitative estimate of drug-likeness (QED) is 0.928. The van der Waals surface area contributed by atoms with Gasteiger partial charge in [-0.05, 0) is 5.56 Å². The van der Waals surface area contributed by atoms with E-state index in [1.165, 1.54) is 0 Å². The highest BCUT2D eigenvalue weighted by Crippen LogP contribution is 2.21. The molecular weight excluding hydrogens is 280 g/mol. The molecule has 1 aromatic heterocycles. The van der Waals surface area contributed by atoms with Crippen molar-refractivity contribution in [3.63, 3.8) is 0 Å². The molecule has 1 aliphatic rings. The summed E-state index contributed by atoms with van der Waals surface area (Å²) in [6.07, 6.45) is 3.59. The molecule has 1 fully saturated rings. The third-order valence-corrected chi connectivity index (χ3v) is 3.77. The molecule has 2 aromatic rings. The fourth-order valence-electron chi connectivity index (χ4n) is 2.63. The molecule has 1 N–H and O–H groups in total. The van der Waals surface area contributed by atoms with Gasteiger partial charge in [-0.2, -0.15) is 5.10 Å². The van der Waals surface area contributed by atoms with Gasteiger partial charge in [0.25, 0.3) is 0 Å². The van der Waals surface area contributed by atoms with Crippen LogP contribution < -0.4 is 5.32 Å². The van der Waals surface area contributed by atoms with Gasteiger partial charge in [-0.15, -0.1) is 0 Å². The lowest BCUT2D eigenvalue weighted by molar-refractivity contribution is -0.128. The Hall–Kier alpha value is -2.63. The predicted octanol–water partition coefficient (Wildman–Crippen LogP) is 1.41. The minimum Gasteiger partial charge on any atom is -0.338 e. The minimum absolute atomic E-state index is 0.0233. The van der Waals surface area contributed by atoms with E-state index in [4.69, 9.17) is 0 Å². The first-order valence-corrected chi connectivity index (χ1v) is 7.23. The number of anilines is 1. The summed E-state index contributed by atoms with van der Waals surface area (Å²) in [5.41, 5.74) is 1.73. The van der Waals surface area contributed by atoms with Crippen molar-refractivity contribution in [1.82, 2.24) is 14.7 Å². The van der Waals surface area contributed by atoms with Crippen molar-refractivity contribution in [2.45, 2.75) is 13.0 Å². The van der Waals surface area contributed by atoms with Gasteiger partial charge in [-0.25, -0.2) is 0 Å². The maximum atomic E-state index is 12.2. The molecule has 22 heavy (non-hydrogen) atoms. The van der Waals surface area contributed by atoms with Crippen LogP contribution in [-0.4, -0.2) is 33.0 Å². The minimum atomic E-state index is -0.309. The number of carbonyl (C=O) groups excluding carboxylic acids is 2. The first-order valence-electron chi connectivity index (χ1n) is 7.23. The molecule has 0 saturated carbocycles. The summed E-state index contributed by atoms with van der Waals surface area (Å²) in [6.45, 7) is 1.01. The zero-order valence-corrected chi connectivity index (χ0v) is 12.4. The number of hydrogen-bond acceptors (Lipinski definition) is 3. The predicted molar refractivity (Wildman–Crippen MR) is 81.8 cm³/mol. The monoisotopic (exact) mass is 298 g/mol. The van der Waals surface area contributed by atoms with Crippen LogP contribution in [0.15, 0.2) is 42.7 Å². The first kappa shape index (κ1) is 14.3. The molecule has 3 rings (SSSR count). The van der Waals surface area contributed by atoms with E-state index in [0.717, 1.165) is 5.56 Å². The van der Waals surface area contributed by atoms with E-state index in [2.05, 4.69) is 10.4 Å². The van der Waals surface area contributed by atoms with Crippen LogP contribution in [0.2, 0.25) is 0 Å². The lowest BCUT2D eigenvalue weighted by atomic mass is 10.1. The third-order valence-electron chi connectivity index (χ3n) is 3.77. The zero-order valence-electron chi connectivity index (χ0n) is 12.4. The average molecular weight is 298 g/mol. The van der Waals surface area contributed by atoms with Crippen LogP contribution in [0.25, 0.3) is 0 Å². The van der Waals surface area contributed by atoms with Gasteiger partial charge < -0.3 is 10.2 Å². The zero-order chi connectivity index (χ0) is 15.5. The Balaban J connectivity index is 1.60. The second-order valence-corrected chi connectivity index (χ2v) is 5.55. The second kappa shape index (κ2) is 6.01. The summed E-state index contributed by atoms with van der Waals surface area (Å²) in [5.74, 6) is -0.413. The molecule has 1 saturated heterocycles. The van der Waals surface area contributed by atoms with Crippen LogP contribution in [0.3, 0.4) is 0 Å². The van der Waals surface area contributed by atoms with Crippen molar-refractivity contribution < 1.29 is 9.59 Å². The molecule has 1 unspecified atom stereocenters. The molecule has 114 valence electrons. The summed E-state index contributed by atoms with van der Waals surface area (Å²) < 4.78 is 1.62. The lowest BCUT2D eigenvalue weighted by Gasteiger charge is -2.16. The molecule has 6 heteroatoms. The summed E-state index contributed by atoms with van der Waals surface area (Å²) in [6, 6.07) is 9.80. The molecule has 0 aliphatic carbocycles. The number of aryl methyl sites for hydroxylation is 1. The average Bonchev–Trinajstić information content (AvgIpc) is 3.07. The van der Waals surface area contributed by atoms with Gasteiger partial charge in [0.1, 0.15) is 0 Å². The molecule has 0 radical (unpaired) electrons. The molecule has 1 aliphatic heterocycles. The van der Waals surface area contributed by atoms with Crippen molar-refractivity contribution in [3.8, 4) is 0 Å². The second-order valence-electron chi connectivity index (χ2n) is 5.55. The van der Waals surface area contributed by atoms with Crippen LogP contribution in [0.4, 0.5) is 5.69 Å². The Bertz CT molecular complexity index is 680. The van der Waals surface area contributed by atoms with E-state index in [1.807, 2.05) is 30.3 Å². The van der Waals surface area contributed by atoms with Gasteiger partial charge in [0.2, 0.25) is 11.8 Å². The van der Waals surface area contributed by atoms with E-state index in [0.29, 0.717) is 18.8 Å². The number of hydrogen-bond donors (Lipinski definition) is 1. The van der Waals surface area contributed by atoms with E-state index >= 15 is 0 Å². The van der Waals surface area contributed by atoms with E-state index in [-0.39, 0.29) is 24.2 Å². The standard InChI is InChI=1S/C16H18N4O2/c1-19-11-14(8-17-19)18-16(22)13-7-15(21)20(10-13)9-12-5-3-2-4-6-12/h2-6,8,11,13H,7,9-10H2,1H3,(H,18,22). The van der Waals surface area contributed by atoms with Gasteiger partial charge in [0, 0.05) is 32.8 Å². The van der Waals surface area contributed by atoms with Gasteiger partial charge >= 0.3 is 0 Å². The molecule has 0 spiro atoms. The van der Waals surface area contributed by atoms with Crippen LogP contribution in [0.5, 0.6) is 0 Å². The Kier molecular flexibility index (Phi) is 3.91. The Morgan fingerprint density at radius 3 is 2.82 bits per heavy atom. The lowest BCUT2D eigenvalue weighted by Crippen LogP contribution is -2.27. The number of nitrogens with one attached hydrogen (secondary N) is 1. The van der Waals surface area contributed by atoms with Gasteiger partial charge in [0.05, 0.1) is 17.8 Å². The molecular formula is C16H18N4O2. The van der Waals surface area contributed by atoms with Gasteiger partial charge in [-0.1, -0.05) is 30.3 Å². The van der Waals surface area contributed by atoms with Crippen molar-refractivity contribution in [2.75, 3.05) is 11.9 Å². The maximum Gasteiger partial charge on any atom is 0.229 e. The number of nitrogens with zero attached hydrogens (tertiary/aromatic N) is 3. The normalized spacial score (nSPS) is 17.8. The topological polar surface area (TPSA) is 67.2 Å². The van der Waals surface area contributed by atoms with Crippen molar-refractivity contribution >= 4 is 17.5 Å². The van der Waals surface area contributed by atoms with Crippen molar-refractivity contribution in [3.05, 3.63) is 48.3 Å². The highest BCUT2D eigenvalue weighted by atomic mass is 16.2. The number of rotatable bonds is 4. The van der Waals surface area contributed by atoms with Gasteiger partial charge in [-0.3, -0.25) is 14.3 Å². The van der Waals surface area contributed by atoms with Gasteiger partial charge in [0.15, 0.2) is 0 Å². The van der Waals surface area contributed by atoms with E-state index < -0.39 is 0 Å². The summed E-state index contributed by atoms with van der Waals surface area (Å²) in [7, 11) is 1.79. The molecule has 2 heterocycles. The highest BCUT2D eigenvalue weighted by molar-refractivity contribution is 5.97. The largest absolute Gasteiger partial charge is 0.338 e. The number of likely N-dealkylation sites (tertiary alicyclic amines) is 1. The van der Waals surface area contributed by atoms with E-state index in [9.17, 15) is 9.59 Å². The summed E-state index contributed by atoms with van der Waals surface area (Å²) in [5, 5.41) is 6.82. The van der Waals surface area contributed by atoms with Crippen LogP contribution >= 0.6 is 0 Å². The van der Waals surface area contributed by atoms with Crippen LogP contribution in [0.1, 0.15) is 12.0 Å².